The molecular weight excluding hydrogens is 368 g/mol. The average molecular weight is 384 g/mol. The number of aromatic nitrogens is 1. The van der Waals surface area contributed by atoms with E-state index in [0.717, 1.165) is 8.95 Å². The third-order valence-corrected chi connectivity index (χ3v) is 4.29. The summed E-state index contributed by atoms with van der Waals surface area (Å²) >= 11 is 7.09. The zero-order valence-electron chi connectivity index (χ0n) is 10.9. The van der Waals surface area contributed by atoms with Crippen LogP contribution in [-0.4, -0.2) is 4.98 Å². The molecule has 2 nitrogen and oxygen atoms in total. The number of rotatable bonds is 4. The van der Waals surface area contributed by atoms with Gasteiger partial charge in [0.1, 0.15) is 0 Å². The number of hydrogen-bond acceptors (Lipinski definition) is 2. The lowest BCUT2D eigenvalue weighted by atomic mass is 10.1. The van der Waals surface area contributed by atoms with Gasteiger partial charge in [-0.15, -0.1) is 0 Å². The SMILES string of the molecule is CC(N[C@H](C)c1cccnc1)c1ccc(Br)cc1Br. The lowest BCUT2D eigenvalue weighted by Gasteiger charge is -2.21. The fraction of sp³-hybridized carbons (Fsp3) is 0.267. The topological polar surface area (TPSA) is 24.9 Å². The van der Waals surface area contributed by atoms with Gasteiger partial charge < -0.3 is 5.32 Å². The van der Waals surface area contributed by atoms with E-state index in [2.05, 4.69) is 80.3 Å². The highest BCUT2D eigenvalue weighted by atomic mass is 79.9. The van der Waals surface area contributed by atoms with Crippen LogP contribution < -0.4 is 5.32 Å². The molecular formula is C15H16Br2N2. The van der Waals surface area contributed by atoms with Crippen LogP contribution >= 0.6 is 31.9 Å². The Morgan fingerprint density at radius 3 is 2.53 bits per heavy atom. The van der Waals surface area contributed by atoms with Crippen LogP contribution in [0.5, 0.6) is 0 Å². The van der Waals surface area contributed by atoms with E-state index in [4.69, 9.17) is 0 Å². The Kier molecular flexibility index (Phi) is 5.13. The minimum absolute atomic E-state index is 0.262. The van der Waals surface area contributed by atoms with Gasteiger partial charge in [0.15, 0.2) is 0 Å². The van der Waals surface area contributed by atoms with E-state index >= 15 is 0 Å². The fourth-order valence-electron chi connectivity index (χ4n) is 2.05. The van der Waals surface area contributed by atoms with Crippen LogP contribution in [0.15, 0.2) is 51.7 Å². The van der Waals surface area contributed by atoms with Gasteiger partial charge in [-0.05, 0) is 43.2 Å². The third kappa shape index (κ3) is 3.88. The predicted molar refractivity (Wildman–Crippen MR) is 86.0 cm³/mol. The van der Waals surface area contributed by atoms with E-state index in [1.165, 1.54) is 11.1 Å². The highest BCUT2D eigenvalue weighted by Crippen LogP contribution is 2.28. The normalized spacial score (nSPS) is 14.1. The van der Waals surface area contributed by atoms with Crippen molar-refractivity contribution in [2.45, 2.75) is 25.9 Å². The molecule has 19 heavy (non-hydrogen) atoms. The van der Waals surface area contributed by atoms with Gasteiger partial charge in [0.05, 0.1) is 0 Å². The summed E-state index contributed by atoms with van der Waals surface area (Å²) in [5, 5.41) is 3.59. The van der Waals surface area contributed by atoms with Crippen molar-refractivity contribution in [3.05, 3.63) is 62.8 Å². The van der Waals surface area contributed by atoms with E-state index in [-0.39, 0.29) is 12.1 Å². The number of nitrogens with zero attached hydrogens (tertiary/aromatic N) is 1. The lowest BCUT2D eigenvalue weighted by molar-refractivity contribution is 0.492. The summed E-state index contributed by atoms with van der Waals surface area (Å²) in [5.74, 6) is 0. The summed E-state index contributed by atoms with van der Waals surface area (Å²) in [6.07, 6.45) is 3.70. The van der Waals surface area contributed by atoms with Gasteiger partial charge >= 0.3 is 0 Å². The molecule has 1 heterocycles. The first-order valence-electron chi connectivity index (χ1n) is 6.19. The molecule has 100 valence electrons. The maximum absolute atomic E-state index is 4.16. The average Bonchev–Trinajstić information content (AvgIpc) is 2.39. The lowest BCUT2D eigenvalue weighted by Crippen LogP contribution is -2.22. The molecule has 2 rings (SSSR count). The highest BCUT2D eigenvalue weighted by molar-refractivity contribution is 9.11. The van der Waals surface area contributed by atoms with Crippen molar-refractivity contribution >= 4 is 31.9 Å². The molecule has 0 aliphatic heterocycles. The van der Waals surface area contributed by atoms with Crippen molar-refractivity contribution in [2.24, 2.45) is 0 Å². The van der Waals surface area contributed by atoms with Gasteiger partial charge in [0.25, 0.3) is 0 Å². The second-order valence-corrected chi connectivity index (χ2v) is 6.33. The maximum Gasteiger partial charge on any atom is 0.0315 e. The summed E-state index contributed by atoms with van der Waals surface area (Å²) in [7, 11) is 0. The van der Waals surface area contributed by atoms with Crippen molar-refractivity contribution in [1.29, 1.82) is 0 Å². The summed E-state index contributed by atoms with van der Waals surface area (Å²) in [6.45, 7) is 4.32. The summed E-state index contributed by atoms with van der Waals surface area (Å²) in [4.78, 5) is 4.16. The minimum Gasteiger partial charge on any atom is -0.304 e. The van der Waals surface area contributed by atoms with Gasteiger partial charge in [-0.2, -0.15) is 0 Å². The molecule has 0 saturated heterocycles. The highest BCUT2D eigenvalue weighted by Gasteiger charge is 2.13. The van der Waals surface area contributed by atoms with E-state index in [9.17, 15) is 0 Å². The van der Waals surface area contributed by atoms with Crippen LogP contribution in [0.25, 0.3) is 0 Å². The number of halogens is 2. The fourth-order valence-corrected chi connectivity index (χ4v) is 3.44. The van der Waals surface area contributed by atoms with Gasteiger partial charge in [-0.1, -0.05) is 44.0 Å². The first-order chi connectivity index (χ1) is 9.08. The van der Waals surface area contributed by atoms with Gasteiger partial charge in [0, 0.05) is 33.4 Å². The van der Waals surface area contributed by atoms with E-state index in [0.29, 0.717) is 0 Å². The zero-order chi connectivity index (χ0) is 13.8. The van der Waals surface area contributed by atoms with Crippen LogP contribution in [-0.2, 0) is 0 Å². The molecule has 0 bridgehead atoms. The molecule has 0 amide bonds. The molecule has 0 fully saturated rings. The quantitative estimate of drug-likeness (QED) is 0.801. The molecule has 0 saturated carbocycles. The van der Waals surface area contributed by atoms with Crippen molar-refractivity contribution in [2.75, 3.05) is 0 Å². The Balaban J connectivity index is 2.10. The summed E-state index contributed by atoms with van der Waals surface area (Å²) in [5.41, 5.74) is 2.45. The smallest absolute Gasteiger partial charge is 0.0315 e. The van der Waals surface area contributed by atoms with Crippen molar-refractivity contribution in [3.8, 4) is 0 Å². The van der Waals surface area contributed by atoms with E-state index in [1.54, 1.807) is 6.20 Å². The molecule has 0 spiro atoms. The molecule has 1 N–H and O–H groups in total. The van der Waals surface area contributed by atoms with Crippen molar-refractivity contribution in [1.82, 2.24) is 10.3 Å². The molecule has 4 heteroatoms. The van der Waals surface area contributed by atoms with Crippen LogP contribution in [0.4, 0.5) is 0 Å². The van der Waals surface area contributed by atoms with Crippen LogP contribution in [0.3, 0.4) is 0 Å². The third-order valence-electron chi connectivity index (χ3n) is 3.11. The summed E-state index contributed by atoms with van der Waals surface area (Å²) in [6, 6.07) is 10.8. The van der Waals surface area contributed by atoms with E-state index < -0.39 is 0 Å². The molecule has 2 atom stereocenters. The number of nitrogens with one attached hydrogen (secondary N) is 1. The second-order valence-electron chi connectivity index (χ2n) is 4.56. The largest absolute Gasteiger partial charge is 0.304 e. The number of hydrogen-bond donors (Lipinski definition) is 1. The summed E-state index contributed by atoms with van der Waals surface area (Å²) < 4.78 is 2.19. The molecule has 1 unspecified atom stereocenters. The molecule has 1 aromatic carbocycles. The van der Waals surface area contributed by atoms with E-state index in [1.807, 2.05) is 12.3 Å². The van der Waals surface area contributed by atoms with Crippen LogP contribution in [0.2, 0.25) is 0 Å². The standard InChI is InChI=1S/C15H16Br2N2/c1-10(12-4-3-7-18-9-12)19-11(2)14-6-5-13(16)8-15(14)17/h3-11,19H,1-2H3/t10-,11?/m1/s1. The first kappa shape index (κ1) is 14.7. The maximum atomic E-state index is 4.16. The Labute approximate surface area is 130 Å². The Morgan fingerprint density at radius 2 is 1.89 bits per heavy atom. The number of pyridine rings is 1. The van der Waals surface area contributed by atoms with Crippen LogP contribution in [0.1, 0.15) is 37.1 Å². The number of benzene rings is 1. The molecule has 0 aliphatic rings. The molecule has 1 aromatic heterocycles. The second kappa shape index (κ2) is 6.64. The Morgan fingerprint density at radius 1 is 1.11 bits per heavy atom. The van der Waals surface area contributed by atoms with Gasteiger partial charge in [0.2, 0.25) is 0 Å². The monoisotopic (exact) mass is 382 g/mol. The predicted octanol–water partition coefficient (Wildman–Crippen LogP) is 5.02. The zero-order valence-corrected chi connectivity index (χ0v) is 14.1. The minimum atomic E-state index is 0.262. The first-order valence-corrected chi connectivity index (χ1v) is 7.77. The Bertz CT molecular complexity index is 543. The van der Waals surface area contributed by atoms with Crippen LogP contribution in [0, 0.1) is 0 Å². The van der Waals surface area contributed by atoms with Crippen molar-refractivity contribution in [3.63, 3.8) is 0 Å². The molecule has 2 aromatic rings. The van der Waals surface area contributed by atoms with Gasteiger partial charge in [-0.3, -0.25) is 4.98 Å². The molecule has 0 aliphatic carbocycles. The molecule has 0 radical (unpaired) electrons. The Hall–Kier alpha value is -0.710. The van der Waals surface area contributed by atoms with Gasteiger partial charge in [-0.25, -0.2) is 0 Å². The van der Waals surface area contributed by atoms with Crippen molar-refractivity contribution < 1.29 is 0 Å².